The number of nitrogens with zero attached hydrogens (tertiary/aromatic N) is 1. The second kappa shape index (κ2) is 11.8. The minimum Gasteiger partial charge on any atom is -0.462 e. The fourth-order valence-corrected chi connectivity index (χ4v) is 3.90. The average Bonchev–Trinajstić information content (AvgIpc) is 2.72. The fourth-order valence-electron chi connectivity index (χ4n) is 3.51. The van der Waals surface area contributed by atoms with Gasteiger partial charge in [0, 0.05) is 24.4 Å². The van der Waals surface area contributed by atoms with Crippen molar-refractivity contribution in [2.75, 3.05) is 18.5 Å². The van der Waals surface area contributed by atoms with E-state index in [0.29, 0.717) is 30.3 Å². The molecule has 1 aromatic carbocycles. The monoisotopic (exact) mass is 445 g/mol. The minimum atomic E-state index is -0.399. The van der Waals surface area contributed by atoms with Crippen molar-refractivity contribution in [3.63, 3.8) is 0 Å². The number of carbonyl (C=O) groups is 2. The Bertz CT molecular complexity index is 818. The highest BCUT2D eigenvalue weighted by Crippen LogP contribution is 2.32. The Morgan fingerprint density at radius 2 is 1.87 bits per heavy atom. The molecule has 1 aliphatic rings. The number of carbonyl (C=O) groups excluding carboxylic acids is 2. The smallest absolute Gasteiger partial charge is 0.338 e. The lowest BCUT2D eigenvalue weighted by Gasteiger charge is -2.37. The van der Waals surface area contributed by atoms with E-state index in [-0.39, 0.29) is 17.8 Å². The molecule has 6 nitrogen and oxygen atoms in total. The molecule has 170 valence electrons. The number of allylic oxidation sites excluding steroid dienone is 1. The first-order valence-electron chi connectivity index (χ1n) is 11.1. The molecule has 1 unspecified atom stereocenters. The van der Waals surface area contributed by atoms with Crippen molar-refractivity contribution in [2.24, 2.45) is 5.92 Å². The van der Waals surface area contributed by atoms with Crippen LogP contribution in [0.1, 0.15) is 71.9 Å². The summed E-state index contributed by atoms with van der Waals surface area (Å²) in [5, 5.41) is 6.81. The summed E-state index contributed by atoms with van der Waals surface area (Å²) in [4.78, 5) is 26.9. The number of amides is 1. The van der Waals surface area contributed by atoms with E-state index in [0.717, 1.165) is 36.2 Å². The molecule has 31 heavy (non-hydrogen) atoms. The maximum absolute atomic E-state index is 13.0. The standard InChI is InChI=1S/C24H35N3O3S/c1-6-8-9-10-20(28)25-19-13-11-18(12-14-19)22-21(23(29)30-15-16(3)4)17(5)27(7-2)24(31)26-22/h11-14,16,22H,6-10,15H2,1-5H3,(H,25,28)(H,26,31). The van der Waals surface area contributed by atoms with E-state index in [1.807, 2.05) is 56.9 Å². The molecule has 0 aliphatic carbocycles. The van der Waals surface area contributed by atoms with Crippen LogP contribution in [0.5, 0.6) is 0 Å². The Balaban J connectivity index is 2.23. The summed E-state index contributed by atoms with van der Waals surface area (Å²) in [5.74, 6) is -0.0631. The van der Waals surface area contributed by atoms with Gasteiger partial charge in [-0.2, -0.15) is 0 Å². The third-order valence-corrected chi connectivity index (χ3v) is 5.55. The van der Waals surface area contributed by atoms with Gasteiger partial charge in [-0.3, -0.25) is 4.79 Å². The van der Waals surface area contributed by atoms with Crippen LogP contribution >= 0.6 is 12.2 Å². The second-order valence-corrected chi connectivity index (χ2v) is 8.63. The highest BCUT2D eigenvalue weighted by molar-refractivity contribution is 7.80. The number of ether oxygens (including phenoxy) is 1. The first-order valence-corrected chi connectivity index (χ1v) is 11.5. The predicted octanol–water partition coefficient (Wildman–Crippen LogP) is 4.93. The summed E-state index contributed by atoms with van der Waals surface area (Å²) in [7, 11) is 0. The second-order valence-electron chi connectivity index (χ2n) is 8.25. The summed E-state index contributed by atoms with van der Waals surface area (Å²) in [6, 6.07) is 7.13. The van der Waals surface area contributed by atoms with Crippen molar-refractivity contribution >= 4 is 34.9 Å². The number of benzene rings is 1. The molecule has 1 heterocycles. The molecule has 7 heteroatoms. The minimum absolute atomic E-state index is 0.0189. The van der Waals surface area contributed by atoms with Gasteiger partial charge in [-0.15, -0.1) is 0 Å². The van der Waals surface area contributed by atoms with Crippen LogP contribution in [-0.4, -0.2) is 35.0 Å². The van der Waals surface area contributed by atoms with Crippen LogP contribution in [0.4, 0.5) is 5.69 Å². The molecule has 1 aromatic rings. The number of unbranched alkanes of at least 4 members (excludes halogenated alkanes) is 2. The summed E-state index contributed by atoms with van der Waals surface area (Å²) in [5.41, 5.74) is 2.99. The Hall–Kier alpha value is -2.41. The van der Waals surface area contributed by atoms with Crippen molar-refractivity contribution in [2.45, 2.75) is 66.3 Å². The molecule has 0 spiro atoms. The Kier molecular flexibility index (Phi) is 9.49. The summed E-state index contributed by atoms with van der Waals surface area (Å²) < 4.78 is 5.55. The summed E-state index contributed by atoms with van der Waals surface area (Å²) in [6.45, 7) is 11.1. The fraction of sp³-hybridized carbons (Fsp3) is 0.542. The third-order valence-electron chi connectivity index (χ3n) is 5.22. The number of hydrogen-bond acceptors (Lipinski definition) is 4. The zero-order chi connectivity index (χ0) is 23.0. The number of esters is 1. The zero-order valence-corrected chi connectivity index (χ0v) is 20.1. The molecular weight excluding hydrogens is 410 g/mol. The van der Waals surface area contributed by atoms with E-state index in [1.54, 1.807) is 0 Å². The van der Waals surface area contributed by atoms with Crippen LogP contribution in [-0.2, 0) is 14.3 Å². The van der Waals surface area contributed by atoms with Crippen LogP contribution < -0.4 is 10.6 Å². The van der Waals surface area contributed by atoms with Crippen LogP contribution in [0.15, 0.2) is 35.5 Å². The van der Waals surface area contributed by atoms with E-state index in [1.165, 1.54) is 0 Å². The molecule has 0 saturated carbocycles. The van der Waals surface area contributed by atoms with Crippen molar-refractivity contribution in [1.29, 1.82) is 0 Å². The van der Waals surface area contributed by atoms with Gasteiger partial charge in [0.15, 0.2) is 5.11 Å². The normalized spacial score (nSPS) is 16.4. The zero-order valence-electron chi connectivity index (χ0n) is 19.3. The molecule has 2 N–H and O–H groups in total. The quantitative estimate of drug-likeness (QED) is 0.302. The largest absolute Gasteiger partial charge is 0.462 e. The van der Waals surface area contributed by atoms with E-state index < -0.39 is 6.04 Å². The van der Waals surface area contributed by atoms with Gasteiger partial charge in [-0.1, -0.05) is 45.7 Å². The van der Waals surface area contributed by atoms with Gasteiger partial charge in [-0.25, -0.2) is 4.79 Å². The Morgan fingerprint density at radius 3 is 2.45 bits per heavy atom. The van der Waals surface area contributed by atoms with Gasteiger partial charge in [0.1, 0.15) is 0 Å². The molecule has 0 radical (unpaired) electrons. The average molecular weight is 446 g/mol. The Morgan fingerprint density at radius 1 is 1.19 bits per heavy atom. The van der Waals surface area contributed by atoms with Crippen molar-refractivity contribution in [3.8, 4) is 0 Å². The van der Waals surface area contributed by atoms with Crippen molar-refractivity contribution in [1.82, 2.24) is 10.2 Å². The van der Waals surface area contributed by atoms with E-state index in [4.69, 9.17) is 17.0 Å². The van der Waals surface area contributed by atoms with E-state index in [2.05, 4.69) is 17.6 Å². The predicted molar refractivity (Wildman–Crippen MR) is 129 cm³/mol. The molecule has 1 atom stereocenters. The molecule has 1 amide bonds. The van der Waals surface area contributed by atoms with E-state index in [9.17, 15) is 9.59 Å². The van der Waals surface area contributed by atoms with Gasteiger partial charge in [0.25, 0.3) is 0 Å². The van der Waals surface area contributed by atoms with Crippen molar-refractivity contribution in [3.05, 3.63) is 41.1 Å². The molecule has 1 aliphatic heterocycles. The van der Waals surface area contributed by atoms with Crippen LogP contribution in [0.25, 0.3) is 0 Å². The highest BCUT2D eigenvalue weighted by atomic mass is 32.1. The number of hydrogen-bond donors (Lipinski definition) is 2. The summed E-state index contributed by atoms with van der Waals surface area (Å²) >= 11 is 5.53. The number of thiocarbonyl (C=S) groups is 1. The van der Waals surface area contributed by atoms with Crippen LogP contribution in [0, 0.1) is 5.92 Å². The lowest BCUT2D eigenvalue weighted by molar-refractivity contribution is -0.140. The SMILES string of the molecule is CCCCCC(=O)Nc1ccc(C2NC(=S)N(CC)C(C)=C2C(=O)OCC(C)C)cc1. The number of rotatable bonds is 10. The Labute approximate surface area is 191 Å². The molecule has 0 fully saturated rings. The van der Waals surface area contributed by atoms with Crippen molar-refractivity contribution < 1.29 is 14.3 Å². The lowest BCUT2D eigenvalue weighted by atomic mass is 9.94. The van der Waals surface area contributed by atoms with E-state index >= 15 is 0 Å². The van der Waals surface area contributed by atoms with Gasteiger partial charge in [0.2, 0.25) is 5.91 Å². The van der Waals surface area contributed by atoms with Crippen LogP contribution in [0.2, 0.25) is 0 Å². The molecule has 0 bridgehead atoms. The van der Waals surface area contributed by atoms with Gasteiger partial charge >= 0.3 is 5.97 Å². The van der Waals surface area contributed by atoms with Crippen LogP contribution in [0.3, 0.4) is 0 Å². The third kappa shape index (κ3) is 6.79. The first-order chi connectivity index (χ1) is 14.8. The maximum Gasteiger partial charge on any atom is 0.338 e. The molecule has 2 rings (SSSR count). The lowest BCUT2D eigenvalue weighted by Crippen LogP contribution is -2.47. The van der Waals surface area contributed by atoms with Gasteiger partial charge < -0.3 is 20.3 Å². The molecular formula is C24H35N3O3S. The summed E-state index contributed by atoms with van der Waals surface area (Å²) in [6.07, 6.45) is 3.55. The maximum atomic E-state index is 13.0. The van der Waals surface area contributed by atoms with Gasteiger partial charge in [-0.05, 0) is 56.1 Å². The highest BCUT2D eigenvalue weighted by Gasteiger charge is 2.34. The molecule has 0 saturated heterocycles. The first kappa shape index (κ1) is 24.9. The van der Waals surface area contributed by atoms with Gasteiger partial charge in [0.05, 0.1) is 18.2 Å². The molecule has 0 aromatic heterocycles. The number of anilines is 1. The topological polar surface area (TPSA) is 70.7 Å². The number of nitrogens with one attached hydrogen (secondary N) is 2.